The number of nitrogens with two attached hydrogens (primary N) is 1. The van der Waals surface area contributed by atoms with E-state index in [1.807, 2.05) is 19.9 Å². The highest BCUT2D eigenvalue weighted by molar-refractivity contribution is 5.91. The summed E-state index contributed by atoms with van der Waals surface area (Å²) in [4.78, 5) is 35.2. The molecule has 24 heavy (non-hydrogen) atoms. The maximum absolute atomic E-state index is 12.4. The summed E-state index contributed by atoms with van der Waals surface area (Å²) in [6.45, 7) is 8.99. The van der Waals surface area contributed by atoms with Crippen LogP contribution in [0.1, 0.15) is 65.7 Å². The average molecular weight is 339 g/mol. The average Bonchev–Trinajstić information content (AvgIpc) is 2.47. The van der Waals surface area contributed by atoms with Crippen LogP contribution in [0.15, 0.2) is 12.7 Å². The smallest absolute Gasteiger partial charge is 0.243 e. The third-order valence-electron chi connectivity index (χ3n) is 3.71. The van der Waals surface area contributed by atoms with Crippen molar-refractivity contribution in [2.45, 2.75) is 77.8 Å². The summed E-state index contributed by atoms with van der Waals surface area (Å²) in [5, 5.41) is 5.32. The van der Waals surface area contributed by atoms with E-state index < -0.39 is 18.0 Å². The van der Waals surface area contributed by atoms with Crippen LogP contribution in [-0.2, 0) is 14.4 Å². The van der Waals surface area contributed by atoms with Gasteiger partial charge in [0.2, 0.25) is 17.7 Å². The van der Waals surface area contributed by atoms with E-state index >= 15 is 0 Å². The third-order valence-corrected chi connectivity index (χ3v) is 3.71. The van der Waals surface area contributed by atoms with Crippen molar-refractivity contribution in [1.29, 1.82) is 0 Å². The van der Waals surface area contributed by atoms with Crippen molar-refractivity contribution < 1.29 is 14.4 Å². The molecular formula is C18H33N3O3. The van der Waals surface area contributed by atoms with Crippen LogP contribution in [0.5, 0.6) is 0 Å². The molecule has 0 fully saturated rings. The summed E-state index contributed by atoms with van der Waals surface area (Å²) >= 11 is 0. The van der Waals surface area contributed by atoms with Gasteiger partial charge in [0.05, 0.1) is 0 Å². The third kappa shape index (κ3) is 10.8. The Balaban J connectivity index is 4.49. The zero-order valence-corrected chi connectivity index (χ0v) is 15.3. The van der Waals surface area contributed by atoms with Crippen LogP contribution < -0.4 is 16.4 Å². The SMILES string of the molecule is C=CCCCCCC[C@H](NC(=O)[C@H](CC(C)C)NC(C)=O)C(N)=O. The summed E-state index contributed by atoms with van der Waals surface area (Å²) in [6.07, 6.45) is 7.85. The minimum absolute atomic E-state index is 0.240. The Morgan fingerprint density at radius 3 is 2.17 bits per heavy atom. The second-order valence-corrected chi connectivity index (χ2v) is 6.63. The van der Waals surface area contributed by atoms with Crippen LogP contribution in [0.2, 0.25) is 0 Å². The summed E-state index contributed by atoms with van der Waals surface area (Å²) in [5.74, 6) is -0.923. The van der Waals surface area contributed by atoms with Gasteiger partial charge in [0.1, 0.15) is 12.1 Å². The first-order chi connectivity index (χ1) is 11.3. The van der Waals surface area contributed by atoms with Crippen molar-refractivity contribution in [2.24, 2.45) is 11.7 Å². The molecule has 0 aliphatic rings. The molecule has 0 unspecified atom stereocenters. The number of carbonyl (C=O) groups is 3. The predicted molar refractivity (Wildman–Crippen MR) is 96.1 cm³/mol. The maximum atomic E-state index is 12.4. The van der Waals surface area contributed by atoms with Crippen LogP contribution >= 0.6 is 0 Å². The number of primary amides is 1. The van der Waals surface area contributed by atoms with Crippen LogP contribution in [0.3, 0.4) is 0 Å². The highest BCUT2D eigenvalue weighted by Gasteiger charge is 2.25. The minimum Gasteiger partial charge on any atom is -0.368 e. The van der Waals surface area contributed by atoms with Gasteiger partial charge in [-0.1, -0.05) is 39.2 Å². The van der Waals surface area contributed by atoms with Crippen molar-refractivity contribution >= 4 is 17.7 Å². The molecule has 0 spiro atoms. The Bertz CT molecular complexity index is 422. The number of hydrogen-bond donors (Lipinski definition) is 3. The molecule has 0 aromatic rings. The summed E-state index contributed by atoms with van der Waals surface area (Å²) in [6, 6.07) is -1.34. The molecule has 3 amide bonds. The number of carbonyl (C=O) groups excluding carboxylic acids is 3. The highest BCUT2D eigenvalue weighted by atomic mass is 16.2. The first-order valence-corrected chi connectivity index (χ1v) is 8.75. The fourth-order valence-electron chi connectivity index (χ4n) is 2.50. The molecule has 0 aromatic heterocycles. The van der Waals surface area contributed by atoms with E-state index in [1.165, 1.54) is 6.92 Å². The van der Waals surface area contributed by atoms with Crippen molar-refractivity contribution in [1.82, 2.24) is 10.6 Å². The van der Waals surface area contributed by atoms with Gasteiger partial charge in [0.15, 0.2) is 0 Å². The highest BCUT2D eigenvalue weighted by Crippen LogP contribution is 2.09. The van der Waals surface area contributed by atoms with Crippen LogP contribution in [-0.4, -0.2) is 29.8 Å². The molecule has 0 heterocycles. The number of hydrogen-bond acceptors (Lipinski definition) is 3. The van der Waals surface area contributed by atoms with E-state index in [1.54, 1.807) is 0 Å². The lowest BCUT2D eigenvalue weighted by Gasteiger charge is -2.22. The van der Waals surface area contributed by atoms with Crippen molar-refractivity contribution in [3.63, 3.8) is 0 Å². The first-order valence-electron chi connectivity index (χ1n) is 8.75. The molecule has 0 bridgehead atoms. The van der Waals surface area contributed by atoms with Gasteiger partial charge in [-0.2, -0.15) is 0 Å². The van der Waals surface area contributed by atoms with Gasteiger partial charge in [-0.05, 0) is 31.6 Å². The van der Waals surface area contributed by atoms with E-state index in [2.05, 4.69) is 17.2 Å². The molecule has 0 rings (SSSR count). The molecule has 0 radical (unpaired) electrons. The lowest BCUT2D eigenvalue weighted by molar-refractivity contribution is -0.131. The number of allylic oxidation sites excluding steroid dienone is 1. The number of amides is 3. The largest absolute Gasteiger partial charge is 0.368 e. The van der Waals surface area contributed by atoms with Gasteiger partial charge in [0, 0.05) is 6.92 Å². The quantitative estimate of drug-likeness (QED) is 0.353. The molecule has 6 nitrogen and oxygen atoms in total. The molecular weight excluding hydrogens is 306 g/mol. The molecule has 2 atom stereocenters. The van der Waals surface area contributed by atoms with Gasteiger partial charge in [-0.15, -0.1) is 6.58 Å². The second kappa shape index (κ2) is 12.6. The Kier molecular flexibility index (Phi) is 11.6. The normalized spacial score (nSPS) is 13.2. The monoisotopic (exact) mass is 339 g/mol. The van der Waals surface area contributed by atoms with Gasteiger partial charge >= 0.3 is 0 Å². The van der Waals surface area contributed by atoms with Crippen LogP contribution in [0, 0.1) is 5.92 Å². The standard InChI is InChI=1S/C18H33N3O3/c1-5-6-7-8-9-10-11-15(17(19)23)21-18(24)16(12-13(2)3)20-14(4)22/h5,13,15-16H,1,6-12H2,2-4H3,(H2,19,23)(H,20,22)(H,21,24)/t15-,16-/m0/s1. The van der Waals surface area contributed by atoms with Crippen LogP contribution in [0.4, 0.5) is 0 Å². The minimum atomic E-state index is -0.694. The molecule has 0 aliphatic heterocycles. The molecule has 0 saturated carbocycles. The fourth-order valence-corrected chi connectivity index (χ4v) is 2.50. The molecule has 138 valence electrons. The van der Waals surface area contributed by atoms with Crippen molar-refractivity contribution in [3.8, 4) is 0 Å². The predicted octanol–water partition coefficient (Wildman–Crippen LogP) is 2.03. The Morgan fingerprint density at radius 2 is 1.67 bits per heavy atom. The maximum Gasteiger partial charge on any atom is 0.243 e. The van der Waals surface area contributed by atoms with E-state index in [4.69, 9.17) is 5.73 Å². The number of rotatable bonds is 13. The topological polar surface area (TPSA) is 101 Å². The number of unbranched alkanes of at least 4 members (excludes halogenated alkanes) is 4. The van der Waals surface area contributed by atoms with Crippen molar-refractivity contribution in [2.75, 3.05) is 0 Å². The lowest BCUT2D eigenvalue weighted by atomic mass is 10.0. The molecule has 6 heteroatoms. The zero-order chi connectivity index (χ0) is 18.5. The lowest BCUT2D eigenvalue weighted by Crippen LogP contribution is -2.53. The molecule has 0 saturated heterocycles. The van der Waals surface area contributed by atoms with Crippen LogP contribution in [0.25, 0.3) is 0 Å². The molecule has 4 N–H and O–H groups in total. The van der Waals surface area contributed by atoms with Crippen molar-refractivity contribution in [3.05, 3.63) is 12.7 Å². The van der Waals surface area contributed by atoms with Gasteiger partial charge in [-0.3, -0.25) is 14.4 Å². The van der Waals surface area contributed by atoms with E-state index in [-0.39, 0.29) is 17.7 Å². The Morgan fingerprint density at radius 1 is 1.04 bits per heavy atom. The zero-order valence-electron chi connectivity index (χ0n) is 15.3. The molecule has 0 aliphatic carbocycles. The van der Waals surface area contributed by atoms with Gasteiger partial charge < -0.3 is 16.4 Å². The van der Waals surface area contributed by atoms with Gasteiger partial charge in [-0.25, -0.2) is 0 Å². The summed E-state index contributed by atoms with van der Waals surface area (Å²) in [7, 11) is 0. The first kappa shape index (κ1) is 22.1. The number of nitrogens with one attached hydrogen (secondary N) is 2. The fraction of sp³-hybridized carbons (Fsp3) is 0.722. The Hall–Kier alpha value is -1.85. The van der Waals surface area contributed by atoms with E-state index in [0.717, 1.165) is 32.1 Å². The van der Waals surface area contributed by atoms with E-state index in [9.17, 15) is 14.4 Å². The van der Waals surface area contributed by atoms with E-state index in [0.29, 0.717) is 12.8 Å². The second-order valence-electron chi connectivity index (χ2n) is 6.63. The van der Waals surface area contributed by atoms with Gasteiger partial charge in [0.25, 0.3) is 0 Å². The molecule has 0 aromatic carbocycles. The Labute approximate surface area is 145 Å². The summed E-state index contributed by atoms with van der Waals surface area (Å²) < 4.78 is 0. The summed E-state index contributed by atoms with van der Waals surface area (Å²) in [5.41, 5.74) is 5.40.